The third-order valence-corrected chi connectivity index (χ3v) is 4.37. The summed E-state index contributed by atoms with van der Waals surface area (Å²) in [6, 6.07) is 4.73. The van der Waals surface area contributed by atoms with Crippen molar-refractivity contribution in [2.75, 3.05) is 19.0 Å². The van der Waals surface area contributed by atoms with E-state index in [1.807, 2.05) is 6.92 Å². The number of nitrogens with one attached hydrogen (secondary N) is 1. The summed E-state index contributed by atoms with van der Waals surface area (Å²) in [6.07, 6.45) is 2.02. The van der Waals surface area contributed by atoms with Gasteiger partial charge in [-0.3, -0.25) is 4.79 Å². The number of benzene rings is 1. The van der Waals surface area contributed by atoms with Crippen molar-refractivity contribution in [1.29, 1.82) is 0 Å². The van der Waals surface area contributed by atoms with Gasteiger partial charge in [-0.2, -0.15) is 0 Å². The molecule has 0 fully saturated rings. The lowest BCUT2D eigenvalue weighted by Crippen LogP contribution is -2.30. The first-order valence-corrected chi connectivity index (χ1v) is 7.98. The molecule has 0 spiro atoms. The number of thioether (sulfide) groups is 1. The highest BCUT2D eigenvalue weighted by molar-refractivity contribution is 7.99. The van der Waals surface area contributed by atoms with E-state index in [-0.39, 0.29) is 17.8 Å². The van der Waals surface area contributed by atoms with E-state index in [0.29, 0.717) is 19.6 Å². The summed E-state index contributed by atoms with van der Waals surface area (Å²) in [5, 5.41) is 3.00. The number of hydrogen-bond donors (Lipinski definition) is 1. The molecular formula is C15H20FNO2S. The van der Waals surface area contributed by atoms with E-state index >= 15 is 0 Å². The molecule has 1 aromatic rings. The zero-order chi connectivity index (χ0) is 14.4. The number of hydrogen-bond acceptors (Lipinski definition) is 3. The zero-order valence-electron chi connectivity index (χ0n) is 11.7. The molecule has 3 nitrogen and oxygen atoms in total. The van der Waals surface area contributed by atoms with Crippen LogP contribution in [0.5, 0.6) is 0 Å². The summed E-state index contributed by atoms with van der Waals surface area (Å²) in [5.41, 5.74) is 0.902. The predicted molar refractivity (Wildman–Crippen MR) is 78.4 cm³/mol. The fraction of sp³-hybridized carbons (Fsp3) is 0.533. The Morgan fingerprint density at radius 3 is 3.20 bits per heavy atom. The van der Waals surface area contributed by atoms with E-state index in [9.17, 15) is 9.18 Å². The molecule has 1 aromatic carbocycles. The van der Waals surface area contributed by atoms with Gasteiger partial charge in [0.15, 0.2) is 0 Å². The molecule has 0 saturated heterocycles. The quantitative estimate of drug-likeness (QED) is 0.819. The van der Waals surface area contributed by atoms with Gasteiger partial charge in [0.05, 0.1) is 6.04 Å². The van der Waals surface area contributed by atoms with Crippen molar-refractivity contribution < 1.29 is 13.9 Å². The Hall–Kier alpha value is -1.07. The van der Waals surface area contributed by atoms with Crippen molar-refractivity contribution in [3.8, 4) is 0 Å². The zero-order valence-corrected chi connectivity index (χ0v) is 12.5. The Labute approximate surface area is 123 Å². The lowest BCUT2D eigenvalue weighted by atomic mass is 10.0. The van der Waals surface area contributed by atoms with E-state index < -0.39 is 0 Å². The minimum Gasteiger partial charge on any atom is -0.382 e. The largest absolute Gasteiger partial charge is 0.382 e. The minimum atomic E-state index is -0.248. The SMILES string of the molecule is CCOCCCC(=O)NC1CCSc2ccc(F)cc21. The lowest BCUT2D eigenvalue weighted by molar-refractivity contribution is -0.122. The van der Waals surface area contributed by atoms with Gasteiger partial charge in [0.25, 0.3) is 0 Å². The first-order chi connectivity index (χ1) is 9.70. The van der Waals surface area contributed by atoms with Gasteiger partial charge in [0.2, 0.25) is 5.91 Å². The number of amides is 1. The van der Waals surface area contributed by atoms with Crippen LogP contribution in [0, 0.1) is 5.82 Å². The highest BCUT2D eigenvalue weighted by atomic mass is 32.2. The lowest BCUT2D eigenvalue weighted by Gasteiger charge is -2.26. The molecule has 0 aromatic heterocycles. The molecule has 0 radical (unpaired) electrons. The number of carbonyl (C=O) groups is 1. The van der Waals surface area contributed by atoms with E-state index in [1.165, 1.54) is 12.1 Å². The minimum absolute atomic E-state index is 0.0109. The van der Waals surface area contributed by atoms with E-state index in [4.69, 9.17) is 4.74 Å². The molecule has 1 aliphatic rings. The number of ether oxygens (including phenoxy) is 1. The highest BCUT2D eigenvalue weighted by Crippen LogP contribution is 2.36. The third-order valence-electron chi connectivity index (χ3n) is 3.24. The van der Waals surface area contributed by atoms with Crippen LogP contribution >= 0.6 is 11.8 Å². The molecule has 20 heavy (non-hydrogen) atoms. The van der Waals surface area contributed by atoms with Gasteiger partial charge in [-0.15, -0.1) is 11.8 Å². The van der Waals surface area contributed by atoms with E-state index in [1.54, 1.807) is 17.8 Å². The normalized spacial score (nSPS) is 17.6. The predicted octanol–water partition coefficient (Wildman–Crippen LogP) is 3.30. The van der Waals surface area contributed by atoms with Crippen molar-refractivity contribution in [1.82, 2.24) is 5.32 Å². The van der Waals surface area contributed by atoms with Crippen molar-refractivity contribution in [2.45, 2.75) is 37.1 Å². The van der Waals surface area contributed by atoms with Gasteiger partial charge in [-0.1, -0.05) is 0 Å². The maximum atomic E-state index is 13.4. The average molecular weight is 297 g/mol. The molecule has 1 N–H and O–H groups in total. The van der Waals surface area contributed by atoms with E-state index in [0.717, 1.165) is 29.1 Å². The van der Waals surface area contributed by atoms with Gasteiger partial charge in [0.1, 0.15) is 5.82 Å². The molecular weight excluding hydrogens is 277 g/mol. The van der Waals surface area contributed by atoms with Gasteiger partial charge in [-0.25, -0.2) is 4.39 Å². The van der Waals surface area contributed by atoms with Crippen LogP contribution in [-0.4, -0.2) is 24.9 Å². The number of fused-ring (bicyclic) bond motifs is 1. The van der Waals surface area contributed by atoms with Crippen LogP contribution in [0.15, 0.2) is 23.1 Å². The smallest absolute Gasteiger partial charge is 0.220 e. The Balaban J connectivity index is 1.91. The van der Waals surface area contributed by atoms with Crippen LogP contribution in [0.2, 0.25) is 0 Å². The summed E-state index contributed by atoms with van der Waals surface area (Å²) in [4.78, 5) is 13.0. The maximum Gasteiger partial charge on any atom is 0.220 e. The summed E-state index contributed by atoms with van der Waals surface area (Å²) in [6.45, 7) is 3.22. The topological polar surface area (TPSA) is 38.3 Å². The van der Waals surface area contributed by atoms with Gasteiger partial charge < -0.3 is 10.1 Å². The van der Waals surface area contributed by atoms with Crippen LogP contribution in [0.25, 0.3) is 0 Å². The summed E-state index contributed by atoms with van der Waals surface area (Å²) >= 11 is 1.71. The van der Waals surface area contributed by atoms with Gasteiger partial charge in [-0.05, 0) is 43.5 Å². The standard InChI is InChI=1S/C15H20FNO2S/c1-2-19-8-3-4-15(18)17-13-7-9-20-14-6-5-11(16)10-12(13)14/h5-6,10,13H,2-4,7-9H2,1H3,(H,17,18). The van der Waals surface area contributed by atoms with Crippen LogP contribution < -0.4 is 5.32 Å². The van der Waals surface area contributed by atoms with Crippen LogP contribution in [0.4, 0.5) is 4.39 Å². The van der Waals surface area contributed by atoms with E-state index in [2.05, 4.69) is 5.32 Å². The monoisotopic (exact) mass is 297 g/mol. The Bertz CT molecular complexity index is 467. The fourth-order valence-electron chi connectivity index (χ4n) is 2.26. The molecule has 0 saturated carbocycles. The highest BCUT2D eigenvalue weighted by Gasteiger charge is 2.22. The number of carbonyl (C=O) groups excluding carboxylic acids is 1. The van der Waals surface area contributed by atoms with Crippen LogP contribution in [0.1, 0.15) is 37.8 Å². The molecule has 2 rings (SSSR count). The second kappa shape index (κ2) is 7.64. The van der Waals surface area contributed by atoms with Crippen LogP contribution in [0.3, 0.4) is 0 Å². The van der Waals surface area contributed by atoms with Crippen LogP contribution in [-0.2, 0) is 9.53 Å². The average Bonchev–Trinajstić information content (AvgIpc) is 2.44. The molecule has 1 aliphatic heterocycles. The van der Waals surface area contributed by atoms with Gasteiger partial charge >= 0.3 is 0 Å². The number of rotatable bonds is 6. The summed E-state index contributed by atoms with van der Waals surface area (Å²) < 4.78 is 18.6. The molecule has 1 heterocycles. The first kappa shape index (κ1) is 15.3. The van der Waals surface area contributed by atoms with Gasteiger partial charge in [0, 0.05) is 30.3 Å². The van der Waals surface area contributed by atoms with Crippen molar-refractivity contribution in [3.05, 3.63) is 29.6 Å². The molecule has 1 atom stereocenters. The van der Waals surface area contributed by atoms with Crippen molar-refractivity contribution >= 4 is 17.7 Å². The molecule has 0 aliphatic carbocycles. The second-order valence-corrected chi connectivity index (χ2v) is 5.88. The first-order valence-electron chi connectivity index (χ1n) is 7.00. The fourth-order valence-corrected chi connectivity index (χ4v) is 3.37. The number of halogens is 1. The van der Waals surface area contributed by atoms with Crippen molar-refractivity contribution in [3.63, 3.8) is 0 Å². The molecule has 110 valence electrons. The summed E-state index contributed by atoms with van der Waals surface area (Å²) in [7, 11) is 0. The third kappa shape index (κ3) is 4.21. The second-order valence-electron chi connectivity index (χ2n) is 4.74. The Morgan fingerprint density at radius 2 is 2.40 bits per heavy atom. The molecule has 5 heteroatoms. The Kier molecular flexibility index (Phi) is 5.86. The van der Waals surface area contributed by atoms with Crippen molar-refractivity contribution in [2.24, 2.45) is 0 Å². The molecule has 1 amide bonds. The Morgan fingerprint density at radius 1 is 1.55 bits per heavy atom. The maximum absolute atomic E-state index is 13.4. The molecule has 1 unspecified atom stereocenters. The molecule has 0 bridgehead atoms. The summed E-state index contributed by atoms with van der Waals surface area (Å²) in [5.74, 6) is 0.710.